The Morgan fingerprint density at radius 1 is 0.902 bits per heavy atom. The molecule has 41 heavy (non-hydrogen) atoms. The van der Waals surface area contributed by atoms with Gasteiger partial charge >= 0.3 is 0 Å². The van der Waals surface area contributed by atoms with Crippen LogP contribution in [0.3, 0.4) is 0 Å². The Kier molecular flexibility index (Phi) is 10.9. The molecule has 9 heteroatoms. The van der Waals surface area contributed by atoms with Crippen LogP contribution >= 0.6 is 0 Å². The van der Waals surface area contributed by atoms with E-state index in [-0.39, 0.29) is 29.0 Å². The molecule has 0 bridgehead atoms. The first-order valence-corrected chi connectivity index (χ1v) is 15.3. The second-order valence-electron chi connectivity index (χ2n) is 10.5. The molecule has 8 nitrogen and oxygen atoms in total. The number of hydrogen-bond acceptors (Lipinski definition) is 5. The summed E-state index contributed by atoms with van der Waals surface area (Å²) in [7, 11) is -4.18. The monoisotopic (exact) mass is 579 g/mol. The Morgan fingerprint density at radius 3 is 2.17 bits per heavy atom. The predicted octanol–water partition coefficient (Wildman–Crippen LogP) is 5.09. The van der Waals surface area contributed by atoms with Gasteiger partial charge < -0.3 is 15.0 Å². The van der Waals surface area contributed by atoms with Gasteiger partial charge in [-0.1, -0.05) is 67.9 Å². The molecule has 0 aliphatic rings. The number of amides is 2. The van der Waals surface area contributed by atoms with E-state index < -0.39 is 28.5 Å². The summed E-state index contributed by atoms with van der Waals surface area (Å²) in [5.74, 6) is -0.241. The van der Waals surface area contributed by atoms with Gasteiger partial charge in [0.05, 0.1) is 17.2 Å². The first kappa shape index (κ1) is 31.7. The number of carbonyl (C=O) groups is 2. The molecule has 0 aromatic heterocycles. The highest BCUT2D eigenvalue weighted by Crippen LogP contribution is 2.33. The van der Waals surface area contributed by atoms with Gasteiger partial charge in [-0.05, 0) is 69.0 Å². The molecule has 1 atom stereocenters. The smallest absolute Gasteiger partial charge is 0.264 e. The fourth-order valence-electron chi connectivity index (χ4n) is 4.30. The van der Waals surface area contributed by atoms with Gasteiger partial charge in [0, 0.05) is 13.1 Å². The maximum absolute atomic E-state index is 14.1. The van der Waals surface area contributed by atoms with Crippen molar-refractivity contribution < 1.29 is 22.7 Å². The zero-order valence-corrected chi connectivity index (χ0v) is 25.6. The van der Waals surface area contributed by atoms with Crippen molar-refractivity contribution >= 4 is 27.5 Å². The minimum Gasteiger partial charge on any atom is -0.492 e. The second kappa shape index (κ2) is 14.2. The summed E-state index contributed by atoms with van der Waals surface area (Å²) in [5, 5.41) is 2.91. The summed E-state index contributed by atoms with van der Waals surface area (Å²) in [4.78, 5) is 28.8. The van der Waals surface area contributed by atoms with Crippen molar-refractivity contribution in [2.24, 2.45) is 5.92 Å². The van der Waals surface area contributed by atoms with Crippen molar-refractivity contribution in [3.63, 3.8) is 0 Å². The summed E-state index contributed by atoms with van der Waals surface area (Å²) in [6.07, 6.45) is 0. The maximum atomic E-state index is 14.1. The van der Waals surface area contributed by atoms with Crippen LogP contribution in [0, 0.1) is 19.8 Å². The predicted molar refractivity (Wildman–Crippen MR) is 162 cm³/mol. The Balaban J connectivity index is 2.07. The Hall–Kier alpha value is -3.85. The number of nitrogens with zero attached hydrogens (tertiary/aromatic N) is 2. The summed E-state index contributed by atoms with van der Waals surface area (Å²) < 4.78 is 35.0. The van der Waals surface area contributed by atoms with Gasteiger partial charge in [0.15, 0.2) is 0 Å². The van der Waals surface area contributed by atoms with Crippen LogP contribution in [-0.2, 0) is 26.2 Å². The Bertz CT molecular complexity index is 1440. The molecule has 0 radical (unpaired) electrons. The van der Waals surface area contributed by atoms with Crippen LogP contribution in [0.1, 0.15) is 44.4 Å². The maximum Gasteiger partial charge on any atom is 0.264 e. The minimum absolute atomic E-state index is 0.0513. The molecular formula is C32H41N3O5S. The number of ether oxygens (including phenoxy) is 1. The number of nitrogens with one attached hydrogen (secondary N) is 1. The minimum atomic E-state index is -4.18. The van der Waals surface area contributed by atoms with E-state index in [0.29, 0.717) is 18.9 Å². The molecule has 0 fully saturated rings. The summed E-state index contributed by atoms with van der Waals surface area (Å²) in [6, 6.07) is 20.0. The Morgan fingerprint density at radius 2 is 1.54 bits per heavy atom. The van der Waals surface area contributed by atoms with Gasteiger partial charge in [0.2, 0.25) is 11.8 Å². The van der Waals surface area contributed by atoms with Gasteiger partial charge in [0.25, 0.3) is 10.0 Å². The lowest BCUT2D eigenvalue weighted by atomic mass is 10.1. The highest BCUT2D eigenvalue weighted by atomic mass is 32.2. The number of rotatable bonds is 13. The third kappa shape index (κ3) is 8.10. The molecule has 0 saturated heterocycles. The fourth-order valence-corrected chi connectivity index (χ4v) is 5.72. The Labute approximate surface area is 244 Å². The number of aryl methyl sites for hydroxylation is 2. The van der Waals surface area contributed by atoms with E-state index in [0.717, 1.165) is 21.0 Å². The lowest BCUT2D eigenvalue weighted by Gasteiger charge is -2.32. The van der Waals surface area contributed by atoms with Gasteiger partial charge in [-0.2, -0.15) is 0 Å². The van der Waals surface area contributed by atoms with Gasteiger partial charge in [-0.25, -0.2) is 8.42 Å². The average Bonchev–Trinajstić information content (AvgIpc) is 2.94. The van der Waals surface area contributed by atoms with Crippen molar-refractivity contribution in [3.05, 3.63) is 89.5 Å². The van der Waals surface area contributed by atoms with Crippen LogP contribution in [0.4, 0.5) is 5.69 Å². The molecular weight excluding hydrogens is 538 g/mol. The summed E-state index contributed by atoms with van der Waals surface area (Å²) in [6.45, 7) is 11.7. The SMILES string of the molecule is CCOc1ccccc1N(CC(=O)N(Cc1ccccc1C)[C@@H](C)C(=O)NCC(C)C)S(=O)(=O)c1ccc(C)cc1. The first-order valence-electron chi connectivity index (χ1n) is 13.9. The summed E-state index contributed by atoms with van der Waals surface area (Å²) >= 11 is 0. The summed E-state index contributed by atoms with van der Waals surface area (Å²) in [5.41, 5.74) is 2.99. The van der Waals surface area contributed by atoms with E-state index >= 15 is 0 Å². The lowest BCUT2D eigenvalue weighted by molar-refractivity contribution is -0.139. The van der Waals surface area contributed by atoms with Crippen LogP contribution < -0.4 is 14.4 Å². The van der Waals surface area contributed by atoms with E-state index in [9.17, 15) is 18.0 Å². The van der Waals surface area contributed by atoms with Crippen LogP contribution in [0.15, 0.2) is 77.7 Å². The highest BCUT2D eigenvalue weighted by molar-refractivity contribution is 7.92. The normalized spacial score (nSPS) is 12.1. The van der Waals surface area contributed by atoms with E-state index in [1.807, 2.05) is 58.9 Å². The van der Waals surface area contributed by atoms with Crippen molar-refractivity contribution in [2.45, 2.75) is 59.0 Å². The zero-order chi connectivity index (χ0) is 30.2. The number of sulfonamides is 1. The largest absolute Gasteiger partial charge is 0.492 e. The first-order chi connectivity index (χ1) is 19.4. The highest BCUT2D eigenvalue weighted by Gasteiger charge is 2.34. The van der Waals surface area contributed by atoms with Crippen molar-refractivity contribution in [3.8, 4) is 5.75 Å². The van der Waals surface area contributed by atoms with Crippen LogP contribution in [0.5, 0.6) is 5.75 Å². The van der Waals surface area contributed by atoms with E-state index in [1.165, 1.54) is 17.0 Å². The van der Waals surface area contributed by atoms with Crippen LogP contribution in [0.25, 0.3) is 0 Å². The van der Waals surface area contributed by atoms with Crippen molar-refractivity contribution in [2.75, 3.05) is 24.0 Å². The number of benzene rings is 3. The topological polar surface area (TPSA) is 96.0 Å². The molecule has 3 aromatic carbocycles. The van der Waals surface area contributed by atoms with Crippen LogP contribution in [-0.4, -0.2) is 50.9 Å². The number of carbonyl (C=O) groups excluding carboxylic acids is 2. The molecule has 0 heterocycles. The third-order valence-electron chi connectivity index (χ3n) is 6.78. The lowest BCUT2D eigenvalue weighted by Crippen LogP contribution is -2.51. The van der Waals surface area contributed by atoms with Crippen molar-refractivity contribution in [1.82, 2.24) is 10.2 Å². The van der Waals surface area contributed by atoms with E-state index in [1.54, 1.807) is 43.3 Å². The van der Waals surface area contributed by atoms with E-state index in [4.69, 9.17) is 4.74 Å². The van der Waals surface area contributed by atoms with Crippen molar-refractivity contribution in [1.29, 1.82) is 0 Å². The van der Waals surface area contributed by atoms with Gasteiger partial charge in [-0.15, -0.1) is 0 Å². The molecule has 0 saturated carbocycles. The molecule has 220 valence electrons. The fraction of sp³-hybridized carbons (Fsp3) is 0.375. The van der Waals surface area contributed by atoms with E-state index in [2.05, 4.69) is 5.32 Å². The number of para-hydroxylation sites is 2. The molecule has 1 N–H and O–H groups in total. The van der Waals surface area contributed by atoms with Gasteiger partial charge in [-0.3, -0.25) is 13.9 Å². The molecule has 0 aliphatic carbocycles. The standard InChI is InChI=1S/C32H41N3O5S/c1-7-40-30-15-11-10-14-29(30)35(41(38,39)28-18-16-24(4)17-19-28)22-31(36)34(21-27-13-9-8-12-25(27)5)26(6)32(37)33-20-23(2)3/h8-19,23,26H,7,20-22H2,1-6H3,(H,33,37)/t26-/m0/s1. The zero-order valence-electron chi connectivity index (χ0n) is 24.8. The third-order valence-corrected chi connectivity index (χ3v) is 8.55. The second-order valence-corrected chi connectivity index (χ2v) is 12.4. The number of anilines is 1. The molecule has 3 rings (SSSR count). The van der Waals surface area contributed by atoms with Crippen LogP contribution in [0.2, 0.25) is 0 Å². The molecule has 0 unspecified atom stereocenters. The number of hydrogen-bond donors (Lipinski definition) is 1. The quantitative estimate of drug-likeness (QED) is 0.305. The molecule has 0 spiro atoms. The molecule has 3 aromatic rings. The van der Waals surface area contributed by atoms with Gasteiger partial charge in [0.1, 0.15) is 18.3 Å². The average molecular weight is 580 g/mol. The molecule has 0 aliphatic heterocycles. The molecule has 2 amide bonds.